The van der Waals surface area contributed by atoms with Crippen molar-refractivity contribution in [3.05, 3.63) is 78.2 Å². The van der Waals surface area contributed by atoms with Crippen molar-refractivity contribution in [1.29, 1.82) is 0 Å². The topological polar surface area (TPSA) is 0 Å². The van der Waals surface area contributed by atoms with Gasteiger partial charge in [0.15, 0.2) is 0 Å². The molecule has 0 unspecified atom stereocenters. The maximum absolute atomic E-state index is 4.02. The minimum absolute atomic E-state index is 1.03. The van der Waals surface area contributed by atoms with Gasteiger partial charge < -0.3 is 0 Å². The van der Waals surface area contributed by atoms with Crippen molar-refractivity contribution >= 4 is 16.7 Å². The third kappa shape index (κ3) is 2.93. The van der Waals surface area contributed by atoms with Crippen LogP contribution in [0.1, 0.15) is 11.1 Å². The van der Waals surface area contributed by atoms with E-state index in [1.165, 1.54) is 16.7 Å². The van der Waals surface area contributed by atoms with Gasteiger partial charge in [-0.25, -0.2) is 0 Å². The van der Waals surface area contributed by atoms with Crippen molar-refractivity contribution in [2.24, 2.45) is 0 Å². The molecule has 0 aliphatic heterocycles. The smallest absolute Gasteiger partial charge is 0.0116 e. The van der Waals surface area contributed by atoms with Gasteiger partial charge in [0.25, 0.3) is 0 Å². The van der Waals surface area contributed by atoms with Crippen LogP contribution in [-0.4, -0.2) is 0 Å². The molecule has 0 bridgehead atoms. The molecule has 0 aliphatic carbocycles. The van der Waals surface area contributed by atoms with Crippen molar-refractivity contribution in [3.8, 4) is 11.1 Å². The third-order valence-electron chi connectivity index (χ3n) is 2.82. The summed E-state index contributed by atoms with van der Waals surface area (Å²) in [6.45, 7) is 9.82. The normalized spacial score (nSPS) is 10.1. The highest BCUT2D eigenvalue weighted by molar-refractivity contribution is 8.10. The van der Waals surface area contributed by atoms with Crippen LogP contribution in [0.2, 0.25) is 0 Å². The molecule has 0 heterocycles. The van der Waals surface area contributed by atoms with E-state index in [4.69, 9.17) is 0 Å². The van der Waals surface area contributed by atoms with E-state index in [1.807, 2.05) is 0 Å². The maximum Gasteiger partial charge on any atom is 0.0116 e. The predicted molar refractivity (Wildman–Crippen MR) is 83.4 cm³/mol. The van der Waals surface area contributed by atoms with Gasteiger partial charge >= 0.3 is 0 Å². The molecule has 90 valence electrons. The highest BCUT2D eigenvalue weighted by Crippen LogP contribution is 2.28. The Labute approximate surface area is 113 Å². The van der Waals surface area contributed by atoms with Crippen LogP contribution in [0.15, 0.2) is 67.1 Å². The Hall–Kier alpha value is -1.73. The first kappa shape index (κ1) is 12.7. The second-order valence-corrected chi connectivity index (χ2v) is 5.21. The predicted octanol–water partition coefficient (Wildman–Crippen LogP) is 5.51. The molecular formula is C17H16S. The summed E-state index contributed by atoms with van der Waals surface area (Å²) in [6, 6.07) is 17.0. The Kier molecular flexibility index (Phi) is 4.06. The number of rotatable bonds is 4. The third-order valence-corrected chi connectivity index (χ3v) is 3.50. The van der Waals surface area contributed by atoms with Crippen molar-refractivity contribution < 1.29 is 0 Å². The fraction of sp³-hybridized carbons (Fsp3) is 0.0588. The summed E-state index contributed by atoms with van der Waals surface area (Å²) in [5.41, 5.74) is 4.91. The standard InChI is InChI=1S/C17H16S/c1-4-18-14(3)15-9-11-17(12-10-15)16-7-5-13(2)6-8-16/h4-12H,1,3H2,2H3. The van der Waals surface area contributed by atoms with Gasteiger partial charge in [0.05, 0.1) is 0 Å². The van der Waals surface area contributed by atoms with E-state index in [0.717, 1.165) is 10.5 Å². The summed E-state index contributed by atoms with van der Waals surface area (Å²) < 4.78 is 0. The second-order valence-electron chi connectivity index (χ2n) is 4.15. The minimum atomic E-state index is 1.03. The van der Waals surface area contributed by atoms with Crippen LogP contribution in [0.25, 0.3) is 16.0 Å². The lowest BCUT2D eigenvalue weighted by molar-refractivity contribution is 1.47. The molecule has 2 rings (SSSR count). The van der Waals surface area contributed by atoms with Crippen LogP contribution >= 0.6 is 11.8 Å². The Morgan fingerprint density at radius 3 is 1.94 bits per heavy atom. The van der Waals surface area contributed by atoms with Crippen LogP contribution in [0.3, 0.4) is 0 Å². The molecule has 1 heteroatoms. The van der Waals surface area contributed by atoms with Crippen LogP contribution in [0, 0.1) is 6.92 Å². The molecule has 0 aliphatic rings. The van der Waals surface area contributed by atoms with Gasteiger partial charge in [-0.05, 0) is 29.0 Å². The lowest BCUT2D eigenvalue weighted by Gasteiger charge is -2.05. The van der Waals surface area contributed by atoms with Gasteiger partial charge in [-0.1, -0.05) is 79.0 Å². The van der Waals surface area contributed by atoms with Gasteiger partial charge in [-0.15, -0.1) is 0 Å². The van der Waals surface area contributed by atoms with Gasteiger partial charge in [-0.2, -0.15) is 0 Å². The second kappa shape index (κ2) is 5.74. The van der Waals surface area contributed by atoms with Crippen molar-refractivity contribution in [1.82, 2.24) is 0 Å². The Balaban J connectivity index is 2.24. The molecule has 0 amide bonds. The molecule has 0 radical (unpaired) electrons. The average Bonchev–Trinajstić information content (AvgIpc) is 2.40. The van der Waals surface area contributed by atoms with E-state index in [2.05, 4.69) is 68.6 Å². The van der Waals surface area contributed by atoms with Crippen LogP contribution in [0.4, 0.5) is 0 Å². The molecule has 0 nitrogen and oxygen atoms in total. The number of hydrogen-bond donors (Lipinski definition) is 0. The summed E-state index contributed by atoms with van der Waals surface area (Å²) in [7, 11) is 0. The molecule has 0 fully saturated rings. The highest BCUT2D eigenvalue weighted by atomic mass is 32.2. The van der Waals surface area contributed by atoms with E-state index in [9.17, 15) is 0 Å². The van der Waals surface area contributed by atoms with Crippen LogP contribution in [-0.2, 0) is 0 Å². The first-order valence-electron chi connectivity index (χ1n) is 5.84. The molecule has 0 N–H and O–H groups in total. The number of benzene rings is 2. The van der Waals surface area contributed by atoms with Crippen LogP contribution < -0.4 is 0 Å². The number of hydrogen-bond acceptors (Lipinski definition) is 1. The van der Waals surface area contributed by atoms with E-state index in [-0.39, 0.29) is 0 Å². The zero-order valence-electron chi connectivity index (χ0n) is 10.5. The van der Waals surface area contributed by atoms with Crippen molar-refractivity contribution in [2.45, 2.75) is 6.92 Å². The van der Waals surface area contributed by atoms with Crippen molar-refractivity contribution in [3.63, 3.8) is 0 Å². The lowest BCUT2D eigenvalue weighted by atomic mass is 10.0. The quantitative estimate of drug-likeness (QED) is 0.691. The van der Waals surface area contributed by atoms with Crippen LogP contribution in [0.5, 0.6) is 0 Å². The fourth-order valence-corrected chi connectivity index (χ4v) is 2.24. The Morgan fingerprint density at radius 2 is 1.44 bits per heavy atom. The van der Waals surface area contributed by atoms with Gasteiger partial charge in [0, 0.05) is 4.91 Å². The molecule has 18 heavy (non-hydrogen) atoms. The monoisotopic (exact) mass is 252 g/mol. The maximum atomic E-state index is 4.02. The molecule has 0 atom stereocenters. The summed E-state index contributed by atoms with van der Waals surface area (Å²) in [6.07, 6.45) is 0. The van der Waals surface area contributed by atoms with Gasteiger partial charge in [0.1, 0.15) is 0 Å². The summed E-state index contributed by atoms with van der Waals surface area (Å²) in [5, 5.41) is 1.80. The van der Waals surface area contributed by atoms with E-state index >= 15 is 0 Å². The van der Waals surface area contributed by atoms with E-state index in [0.29, 0.717) is 0 Å². The fourth-order valence-electron chi connectivity index (χ4n) is 1.76. The van der Waals surface area contributed by atoms with Crippen molar-refractivity contribution in [2.75, 3.05) is 0 Å². The zero-order chi connectivity index (χ0) is 13.0. The largest absolute Gasteiger partial charge is 0.0987 e. The Morgan fingerprint density at radius 1 is 0.944 bits per heavy atom. The zero-order valence-corrected chi connectivity index (χ0v) is 11.3. The molecule has 2 aromatic rings. The Bertz CT molecular complexity index is 547. The van der Waals surface area contributed by atoms with E-state index < -0.39 is 0 Å². The lowest BCUT2D eigenvalue weighted by Crippen LogP contribution is -1.81. The first-order valence-corrected chi connectivity index (χ1v) is 6.72. The summed E-state index contributed by atoms with van der Waals surface area (Å²) >= 11 is 1.56. The average molecular weight is 252 g/mol. The molecule has 0 spiro atoms. The number of aryl methyl sites for hydroxylation is 1. The SMILES string of the molecule is C=CSC(=C)c1ccc(-c2ccc(C)cc2)cc1. The van der Waals surface area contributed by atoms with Gasteiger partial charge in [-0.3, -0.25) is 0 Å². The molecular weight excluding hydrogens is 236 g/mol. The highest BCUT2D eigenvalue weighted by Gasteiger charge is 2.00. The summed E-state index contributed by atoms with van der Waals surface area (Å²) in [5.74, 6) is 0. The minimum Gasteiger partial charge on any atom is -0.0987 e. The number of thioether (sulfide) groups is 1. The molecule has 0 saturated heterocycles. The van der Waals surface area contributed by atoms with Gasteiger partial charge in [0.2, 0.25) is 0 Å². The summed E-state index contributed by atoms with van der Waals surface area (Å²) in [4.78, 5) is 1.03. The molecule has 2 aromatic carbocycles. The van der Waals surface area contributed by atoms with E-state index in [1.54, 1.807) is 17.2 Å². The molecule has 0 saturated carbocycles. The first-order chi connectivity index (χ1) is 8.70. The molecule has 0 aromatic heterocycles.